The molecule has 0 saturated carbocycles. The van der Waals surface area contributed by atoms with Crippen molar-refractivity contribution in [3.63, 3.8) is 0 Å². The Balaban J connectivity index is 1.64. The zero-order valence-electron chi connectivity index (χ0n) is 16.5. The fraction of sp³-hybridized carbons (Fsp3) is 0.182. The summed E-state index contributed by atoms with van der Waals surface area (Å²) in [5, 5.41) is 8.34. The highest BCUT2D eigenvalue weighted by Gasteiger charge is 2.13. The SMILES string of the molecule is CC(C)Oc1ccc(C(=O)Nc2cccc3c(-c4ccn(C)n4)ccnc23)cn1. The van der Waals surface area contributed by atoms with E-state index in [1.807, 2.05) is 57.4 Å². The Labute approximate surface area is 168 Å². The van der Waals surface area contributed by atoms with Crippen LogP contribution in [0.2, 0.25) is 0 Å². The van der Waals surface area contributed by atoms with Crippen molar-refractivity contribution in [3.05, 3.63) is 66.6 Å². The summed E-state index contributed by atoms with van der Waals surface area (Å²) in [7, 11) is 1.88. The molecule has 1 amide bonds. The molecule has 7 heteroatoms. The number of hydrogen-bond donors (Lipinski definition) is 1. The van der Waals surface area contributed by atoms with Crippen LogP contribution in [0.3, 0.4) is 0 Å². The molecule has 0 fully saturated rings. The van der Waals surface area contributed by atoms with E-state index >= 15 is 0 Å². The van der Waals surface area contributed by atoms with Gasteiger partial charge >= 0.3 is 0 Å². The minimum absolute atomic E-state index is 0.0252. The van der Waals surface area contributed by atoms with Crippen LogP contribution in [0.1, 0.15) is 24.2 Å². The lowest BCUT2D eigenvalue weighted by atomic mass is 10.1. The highest BCUT2D eigenvalue weighted by molar-refractivity contribution is 6.09. The Morgan fingerprint density at radius 1 is 1.10 bits per heavy atom. The number of anilines is 1. The summed E-state index contributed by atoms with van der Waals surface area (Å²) in [6.45, 7) is 3.85. The van der Waals surface area contributed by atoms with E-state index < -0.39 is 0 Å². The molecule has 4 rings (SSSR count). The second-order valence-electron chi connectivity index (χ2n) is 6.94. The maximum Gasteiger partial charge on any atom is 0.257 e. The molecule has 29 heavy (non-hydrogen) atoms. The largest absolute Gasteiger partial charge is 0.475 e. The summed E-state index contributed by atoms with van der Waals surface area (Å²) in [6, 6.07) is 13.0. The molecule has 1 aromatic carbocycles. The number of rotatable bonds is 5. The lowest BCUT2D eigenvalue weighted by Crippen LogP contribution is -2.13. The number of nitrogens with zero attached hydrogens (tertiary/aromatic N) is 4. The summed E-state index contributed by atoms with van der Waals surface area (Å²) in [4.78, 5) is 21.4. The van der Waals surface area contributed by atoms with Crippen molar-refractivity contribution in [3.8, 4) is 17.1 Å². The number of para-hydroxylation sites is 1. The molecule has 0 bridgehead atoms. The third-order valence-electron chi connectivity index (χ3n) is 4.36. The molecular weight excluding hydrogens is 366 g/mol. The Morgan fingerprint density at radius 3 is 2.66 bits per heavy atom. The van der Waals surface area contributed by atoms with Crippen LogP contribution < -0.4 is 10.1 Å². The minimum Gasteiger partial charge on any atom is -0.475 e. The lowest BCUT2D eigenvalue weighted by Gasteiger charge is -2.11. The maximum absolute atomic E-state index is 12.7. The predicted octanol–water partition coefficient (Wildman–Crippen LogP) is 4.07. The van der Waals surface area contributed by atoms with Crippen LogP contribution in [0.4, 0.5) is 5.69 Å². The number of nitrogens with one attached hydrogen (secondary N) is 1. The third kappa shape index (κ3) is 3.94. The fourth-order valence-corrected chi connectivity index (χ4v) is 3.08. The van der Waals surface area contributed by atoms with Gasteiger partial charge in [0.1, 0.15) is 0 Å². The highest BCUT2D eigenvalue weighted by Crippen LogP contribution is 2.30. The Hall–Kier alpha value is -3.74. The Kier molecular flexibility index (Phi) is 4.95. The zero-order valence-corrected chi connectivity index (χ0v) is 16.5. The molecule has 7 nitrogen and oxygen atoms in total. The summed E-state index contributed by atoms with van der Waals surface area (Å²) in [5.74, 6) is 0.231. The fourth-order valence-electron chi connectivity index (χ4n) is 3.08. The summed E-state index contributed by atoms with van der Waals surface area (Å²) >= 11 is 0. The van der Waals surface area contributed by atoms with Gasteiger partial charge in [-0.15, -0.1) is 0 Å². The molecule has 4 aromatic rings. The van der Waals surface area contributed by atoms with E-state index in [1.54, 1.807) is 23.0 Å². The van der Waals surface area contributed by atoms with Crippen LogP contribution in [-0.2, 0) is 7.05 Å². The lowest BCUT2D eigenvalue weighted by molar-refractivity contribution is 0.102. The van der Waals surface area contributed by atoms with Crippen LogP contribution in [0, 0.1) is 0 Å². The number of amides is 1. The van der Waals surface area contributed by atoms with Crippen molar-refractivity contribution in [2.24, 2.45) is 7.05 Å². The topological polar surface area (TPSA) is 81.9 Å². The van der Waals surface area contributed by atoms with E-state index in [9.17, 15) is 4.79 Å². The first kappa shape index (κ1) is 18.6. The Morgan fingerprint density at radius 2 is 1.97 bits per heavy atom. The van der Waals surface area contributed by atoms with Crippen LogP contribution in [0.25, 0.3) is 22.2 Å². The minimum atomic E-state index is -0.258. The van der Waals surface area contributed by atoms with Crippen molar-refractivity contribution < 1.29 is 9.53 Å². The van der Waals surface area contributed by atoms with Gasteiger partial charge in [0.15, 0.2) is 0 Å². The monoisotopic (exact) mass is 387 g/mol. The predicted molar refractivity (Wildman–Crippen MR) is 112 cm³/mol. The molecule has 0 saturated heterocycles. The van der Waals surface area contributed by atoms with Crippen LogP contribution >= 0.6 is 0 Å². The molecule has 0 spiro atoms. The normalized spacial score (nSPS) is 11.0. The van der Waals surface area contributed by atoms with E-state index in [2.05, 4.69) is 20.4 Å². The van der Waals surface area contributed by atoms with Crippen LogP contribution in [0.5, 0.6) is 5.88 Å². The number of pyridine rings is 2. The smallest absolute Gasteiger partial charge is 0.257 e. The molecule has 146 valence electrons. The van der Waals surface area contributed by atoms with Crippen molar-refractivity contribution in [1.29, 1.82) is 0 Å². The van der Waals surface area contributed by atoms with E-state index in [0.717, 1.165) is 16.6 Å². The van der Waals surface area contributed by atoms with Crippen molar-refractivity contribution in [2.75, 3.05) is 5.32 Å². The number of fused-ring (bicyclic) bond motifs is 1. The zero-order chi connectivity index (χ0) is 20.4. The molecule has 0 atom stereocenters. The first-order valence-corrected chi connectivity index (χ1v) is 9.33. The molecule has 0 aliphatic heterocycles. The van der Waals surface area contributed by atoms with Crippen LogP contribution in [0.15, 0.2) is 61.1 Å². The van der Waals surface area contributed by atoms with Gasteiger partial charge in [-0.2, -0.15) is 5.10 Å². The Bertz CT molecular complexity index is 1170. The van der Waals surface area contributed by atoms with Gasteiger partial charge in [-0.1, -0.05) is 12.1 Å². The van der Waals surface area contributed by atoms with Gasteiger partial charge in [-0.25, -0.2) is 4.98 Å². The number of hydrogen-bond acceptors (Lipinski definition) is 5. The van der Waals surface area contributed by atoms with E-state index in [0.29, 0.717) is 22.6 Å². The molecule has 3 heterocycles. The second-order valence-corrected chi connectivity index (χ2v) is 6.94. The average Bonchev–Trinajstić information content (AvgIpc) is 3.14. The summed E-state index contributed by atoms with van der Waals surface area (Å²) in [6.07, 6.45) is 5.15. The summed E-state index contributed by atoms with van der Waals surface area (Å²) < 4.78 is 7.28. The molecular formula is C22H21N5O2. The van der Waals surface area contributed by atoms with Crippen molar-refractivity contribution in [1.82, 2.24) is 19.7 Å². The summed E-state index contributed by atoms with van der Waals surface area (Å²) in [5.41, 5.74) is 3.60. The number of ether oxygens (including phenoxy) is 1. The van der Waals surface area contributed by atoms with E-state index in [4.69, 9.17) is 4.74 Å². The number of benzene rings is 1. The average molecular weight is 387 g/mol. The third-order valence-corrected chi connectivity index (χ3v) is 4.36. The number of carbonyl (C=O) groups is 1. The van der Waals surface area contributed by atoms with E-state index in [-0.39, 0.29) is 12.0 Å². The number of carbonyl (C=O) groups excluding carboxylic acids is 1. The van der Waals surface area contributed by atoms with E-state index in [1.165, 1.54) is 6.20 Å². The standard InChI is InChI=1S/C22H21N5O2/c1-14(2)29-20-8-7-15(13-24-20)22(28)25-19-6-4-5-17-16(9-11-23-21(17)19)18-10-12-27(3)26-18/h4-14H,1-3H3,(H,25,28). The number of aromatic nitrogens is 4. The molecule has 0 aliphatic carbocycles. The highest BCUT2D eigenvalue weighted by atomic mass is 16.5. The molecule has 0 aliphatic rings. The van der Waals surface area contributed by atoms with Gasteiger partial charge in [-0.3, -0.25) is 14.5 Å². The number of aryl methyl sites for hydroxylation is 1. The van der Waals surface area contributed by atoms with Gasteiger partial charge in [0.2, 0.25) is 5.88 Å². The first-order valence-electron chi connectivity index (χ1n) is 9.33. The van der Waals surface area contributed by atoms with Gasteiger partial charge in [0, 0.05) is 42.7 Å². The van der Waals surface area contributed by atoms with Crippen molar-refractivity contribution >= 4 is 22.5 Å². The van der Waals surface area contributed by atoms with Crippen LogP contribution in [-0.4, -0.2) is 31.8 Å². The molecule has 0 unspecified atom stereocenters. The molecule has 0 radical (unpaired) electrons. The van der Waals surface area contributed by atoms with Gasteiger partial charge in [-0.05, 0) is 38.1 Å². The maximum atomic E-state index is 12.7. The van der Waals surface area contributed by atoms with Gasteiger partial charge < -0.3 is 10.1 Å². The quantitative estimate of drug-likeness (QED) is 0.558. The molecule has 1 N–H and O–H groups in total. The first-order chi connectivity index (χ1) is 14.0. The second kappa shape index (κ2) is 7.71. The van der Waals surface area contributed by atoms with Gasteiger partial charge in [0.05, 0.1) is 28.6 Å². The van der Waals surface area contributed by atoms with Crippen molar-refractivity contribution in [2.45, 2.75) is 20.0 Å². The molecule has 3 aromatic heterocycles. The van der Waals surface area contributed by atoms with Gasteiger partial charge in [0.25, 0.3) is 5.91 Å².